The summed E-state index contributed by atoms with van der Waals surface area (Å²) in [6.45, 7) is 5.35. The first kappa shape index (κ1) is 13.6. The molecule has 17 heavy (non-hydrogen) atoms. The van der Waals surface area contributed by atoms with Gasteiger partial charge in [0.1, 0.15) is 11.4 Å². The molecule has 1 aromatic heterocycles. The van der Waals surface area contributed by atoms with Crippen LogP contribution in [0.2, 0.25) is 0 Å². The van der Waals surface area contributed by atoms with Gasteiger partial charge in [0.15, 0.2) is 0 Å². The van der Waals surface area contributed by atoms with Gasteiger partial charge in [-0.2, -0.15) is 5.10 Å². The number of rotatable bonds is 5. The highest BCUT2D eigenvalue weighted by Gasteiger charge is 2.31. The molecule has 1 aromatic rings. The zero-order valence-electron chi connectivity index (χ0n) is 10.7. The first-order valence-corrected chi connectivity index (χ1v) is 5.78. The summed E-state index contributed by atoms with van der Waals surface area (Å²) in [6.07, 6.45) is 0.746. The highest BCUT2D eigenvalue weighted by Crippen LogP contribution is 2.31. The van der Waals surface area contributed by atoms with E-state index in [0.29, 0.717) is 17.8 Å². The largest absolute Gasteiger partial charge is 0.393 e. The number of aliphatic hydroxyl groups excluding tert-OH is 1. The molecule has 2 unspecified atom stereocenters. The van der Waals surface area contributed by atoms with Crippen LogP contribution in [0.5, 0.6) is 0 Å². The number of aromatic nitrogens is 2. The molecule has 0 spiro atoms. The normalized spacial score (nSPS) is 14.6. The Hall–Kier alpha value is -1.43. The third-order valence-electron chi connectivity index (χ3n) is 2.96. The summed E-state index contributed by atoms with van der Waals surface area (Å²) < 4.78 is 1.51. The van der Waals surface area contributed by atoms with Crippen molar-refractivity contribution in [2.24, 2.45) is 7.05 Å². The summed E-state index contributed by atoms with van der Waals surface area (Å²) in [6, 6.07) is 0. The molecule has 0 fully saturated rings. The second-order valence-corrected chi connectivity index (χ2v) is 4.34. The van der Waals surface area contributed by atoms with Gasteiger partial charge in [-0.15, -0.1) is 0 Å². The summed E-state index contributed by atoms with van der Waals surface area (Å²) in [5.41, 5.74) is 1.05. The molecule has 0 aromatic carbocycles. The molecule has 0 aliphatic rings. The molecule has 2 atom stereocenters. The van der Waals surface area contributed by atoms with Crippen molar-refractivity contribution in [3.63, 3.8) is 0 Å². The van der Waals surface area contributed by atoms with E-state index in [1.54, 1.807) is 20.9 Å². The number of aliphatic hydroxyl groups is 1. The summed E-state index contributed by atoms with van der Waals surface area (Å²) in [5.74, 6) is -0.307. The van der Waals surface area contributed by atoms with Crippen molar-refractivity contribution < 1.29 is 10.0 Å². The summed E-state index contributed by atoms with van der Waals surface area (Å²) in [5, 5.41) is 24.9. The van der Waals surface area contributed by atoms with Gasteiger partial charge in [-0.05, 0) is 13.3 Å². The van der Waals surface area contributed by atoms with Crippen molar-refractivity contribution >= 4 is 5.69 Å². The lowest BCUT2D eigenvalue weighted by Gasteiger charge is -2.13. The maximum absolute atomic E-state index is 11.1. The Bertz CT molecular complexity index is 412. The number of hydrogen-bond acceptors (Lipinski definition) is 4. The predicted molar refractivity (Wildman–Crippen MR) is 64.0 cm³/mol. The summed E-state index contributed by atoms with van der Waals surface area (Å²) in [7, 11) is 1.68. The molecular weight excluding hydrogens is 222 g/mol. The van der Waals surface area contributed by atoms with Gasteiger partial charge in [0.2, 0.25) is 0 Å². The van der Waals surface area contributed by atoms with Crippen LogP contribution in [0, 0.1) is 10.1 Å². The van der Waals surface area contributed by atoms with E-state index in [-0.39, 0.29) is 11.6 Å². The van der Waals surface area contributed by atoms with E-state index in [2.05, 4.69) is 5.10 Å². The SMILES string of the molecule is CCCc1nn(C)c(C(C)C(C)O)c1[N+](=O)[O-]. The molecule has 1 N–H and O–H groups in total. The third-order valence-corrected chi connectivity index (χ3v) is 2.96. The third kappa shape index (κ3) is 2.63. The highest BCUT2D eigenvalue weighted by molar-refractivity contribution is 5.43. The molecule has 6 heteroatoms. The van der Waals surface area contributed by atoms with Crippen molar-refractivity contribution in [1.82, 2.24) is 9.78 Å². The Kier molecular flexibility index (Phi) is 4.22. The second kappa shape index (κ2) is 5.27. The van der Waals surface area contributed by atoms with E-state index < -0.39 is 11.0 Å². The molecule has 1 heterocycles. The lowest BCUT2D eigenvalue weighted by Crippen LogP contribution is -2.16. The summed E-state index contributed by atoms with van der Waals surface area (Å²) >= 11 is 0. The van der Waals surface area contributed by atoms with Crippen molar-refractivity contribution in [3.8, 4) is 0 Å². The van der Waals surface area contributed by atoms with Crippen LogP contribution in [0.25, 0.3) is 0 Å². The fourth-order valence-corrected chi connectivity index (χ4v) is 1.93. The van der Waals surface area contributed by atoms with Crippen LogP contribution in [0.4, 0.5) is 5.69 Å². The van der Waals surface area contributed by atoms with Gasteiger partial charge in [0, 0.05) is 13.0 Å². The molecule has 0 saturated carbocycles. The van der Waals surface area contributed by atoms with E-state index in [4.69, 9.17) is 0 Å². The minimum atomic E-state index is -0.640. The minimum Gasteiger partial charge on any atom is -0.393 e. The topological polar surface area (TPSA) is 81.2 Å². The zero-order chi connectivity index (χ0) is 13.2. The Morgan fingerprint density at radius 3 is 2.53 bits per heavy atom. The Labute approximate surface area is 100 Å². The molecule has 0 bridgehead atoms. The molecule has 0 radical (unpaired) electrons. The van der Waals surface area contributed by atoms with Crippen LogP contribution in [0.1, 0.15) is 44.5 Å². The van der Waals surface area contributed by atoms with Gasteiger partial charge in [0.25, 0.3) is 0 Å². The van der Waals surface area contributed by atoms with E-state index in [1.165, 1.54) is 4.68 Å². The van der Waals surface area contributed by atoms with Gasteiger partial charge < -0.3 is 5.11 Å². The van der Waals surface area contributed by atoms with Gasteiger partial charge in [0.05, 0.1) is 11.0 Å². The fraction of sp³-hybridized carbons (Fsp3) is 0.727. The molecule has 0 aliphatic carbocycles. The van der Waals surface area contributed by atoms with Gasteiger partial charge in [-0.1, -0.05) is 20.3 Å². The minimum absolute atomic E-state index is 0.0581. The van der Waals surface area contributed by atoms with Crippen LogP contribution in [-0.2, 0) is 13.5 Å². The standard InChI is InChI=1S/C11H19N3O3/c1-5-6-9-11(14(16)17)10(13(4)12-9)7(2)8(3)15/h7-8,15H,5-6H2,1-4H3. The Morgan fingerprint density at radius 1 is 1.53 bits per heavy atom. The molecule has 0 saturated heterocycles. The number of hydrogen-bond donors (Lipinski definition) is 1. The van der Waals surface area contributed by atoms with Crippen LogP contribution < -0.4 is 0 Å². The monoisotopic (exact) mass is 241 g/mol. The Balaban J connectivity index is 3.32. The van der Waals surface area contributed by atoms with E-state index >= 15 is 0 Å². The molecule has 96 valence electrons. The second-order valence-electron chi connectivity index (χ2n) is 4.34. The van der Waals surface area contributed by atoms with Gasteiger partial charge in [-0.25, -0.2) is 0 Å². The lowest BCUT2D eigenvalue weighted by atomic mass is 10.00. The quantitative estimate of drug-likeness (QED) is 0.629. The highest BCUT2D eigenvalue weighted by atomic mass is 16.6. The van der Waals surface area contributed by atoms with Crippen molar-refractivity contribution in [2.75, 3.05) is 0 Å². The smallest absolute Gasteiger partial charge is 0.313 e. The van der Waals surface area contributed by atoms with Crippen LogP contribution >= 0.6 is 0 Å². The molecule has 0 aliphatic heterocycles. The van der Waals surface area contributed by atoms with Crippen molar-refractivity contribution in [2.45, 2.75) is 45.6 Å². The maximum Gasteiger partial charge on any atom is 0.313 e. The number of nitrogens with zero attached hydrogens (tertiary/aromatic N) is 3. The first-order valence-electron chi connectivity index (χ1n) is 5.78. The fourth-order valence-electron chi connectivity index (χ4n) is 1.93. The van der Waals surface area contributed by atoms with E-state index in [0.717, 1.165) is 6.42 Å². The summed E-state index contributed by atoms with van der Waals surface area (Å²) in [4.78, 5) is 10.7. The first-order chi connectivity index (χ1) is 7.90. The van der Waals surface area contributed by atoms with Crippen LogP contribution in [0.15, 0.2) is 0 Å². The van der Waals surface area contributed by atoms with Gasteiger partial charge >= 0.3 is 5.69 Å². The van der Waals surface area contributed by atoms with E-state index in [1.807, 2.05) is 6.92 Å². The average Bonchev–Trinajstić information content (AvgIpc) is 2.54. The van der Waals surface area contributed by atoms with Gasteiger partial charge in [-0.3, -0.25) is 14.8 Å². The number of nitro groups is 1. The van der Waals surface area contributed by atoms with E-state index in [9.17, 15) is 15.2 Å². The molecule has 0 amide bonds. The molecule has 1 rings (SSSR count). The van der Waals surface area contributed by atoms with Crippen molar-refractivity contribution in [1.29, 1.82) is 0 Å². The predicted octanol–water partition coefficient (Wildman–Crippen LogP) is 1.77. The zero-order valence-corrected chi connectivity index (χ0v) is 10.7. The number of aryl methyl sites for hydroxylation is 2. The Morgan fingerprint density at radius 2 is 2.12 bits per heavy atom. The van der Waals surface area contributed by atoms with Crippen LogP contribution in [0.3, 0.4) is 0 Å². The molecular formula is C11H19N3O3. The lowest BCUT2D eigenvalue weighted by molar-refractivity contribution is -0.386. The maximum atomic E-state index is 11.1. The molecule has 6 nitrogen and oxygen atoms in total. The van der Waals surface area contributed by atoms with Crippen LogP contribution in [-0.4, -0.2) is 25.9 Å². The average molecular weight is 241 g/mol. The van der Waals surface area contributed by atoms with Crippen molar-refractivity contribution in [3.05, 3.63) is 21.5 Å².